The fraction of sp³-hybridized carbons (Fsp3) is 0.182. The van der Waals surface area contributed by atoms with E-state index in [0.29, 0.717) is 15.7 Å². The van der Waals surface area contributed by atoms with E-state index in [1.54, 1.807) is 43.3 Å². The second-order valence-corrected chi connectivity index (χ2v) is 7.02. The number of methoxy groups -OCH3 is 1. The van der Waals surface area contributed by atoms with E-state index in [-0.39, 0.29) is 17.1 Å². The van der Waals surface area contributed by atoms with Crippen LogP contribution in [0.3, 0.4) is 0 Å². The third-order valence-corrected chi connectivity index (χ3v) is 4.66. The van der Waals surface area contributed by atoms with Gasteiger partial charge in [0.05, 0.1) is 24.0 Å². The number of halogens is 5. The van der Waals surface area contributed by atoms with Crippen molar-refractivity contribution in [1.29, 1.82) is 0 Å². The van der Waals surface area contributed by atoms with Crippen molar-refractivity contribution in [3.05, 3.63) is 82.1 Å². The molecular formula is C22H20BrF4NO2. The molecule has 0 radical (unpaired) electrons. The molecule has 0 spiro atoms. The quantitative estimate of drug-likeness (QED) is 0.403. The molecule has 30 heavy (non-hydrogen) atoms. The molecule has 0 aliphatic carbocycles. The van der Waals surface area contributed by atoms with Gasteiger partial charge in [-0.3, -0.25) is 0 Å². The van der Waals surface area contributed by atoms with Crippen LogP contribution in [0.15, 0.2) is 65.1 Å². The normalized spacial score (nSPS) is 10.8. The maximum Gasteiger partial charge on any atom is 0.416 e. The molecule has 3 nitrogen and oxygen atoms in total. The molecular weight excluding hydrogens is 466 g/mol. The van der Waals surface area contributed by atoms with Crippen LogP contribution in [0.4, 0.5) is 34.6 Å². The topological polar surface area (TPSA) is 32.7 Å². The SMILES string of the molecule is CO.COc1ccc(C(F)(F)F)cc1N(c1ccccc1)c1c(C)cc(Br)cc1F. The predicted molar refractivity (Wildman–Crippen MR) is 113 cm³/mol. The van der Waals surface area contributed by atoms with Gasteiger partial charge in [-0.1, -0.05) is 34.1 Å². The third-order valence-electron chi connectivity index (χ3n) is 4.20. The Morgan fingerprint density at radius 3 is 2.13 bits per heavy atom. The minimum atomic E-state index is -4.54. The highest BCUT2D eigenvalue weighted by Crippen LogP contribution is 2.45. The number of aryl methyl sites for hydroxylation is 1. The Bertz CT molecular complexity index is 971. The number of hydrogen-bond donors (Lipinski definition) is 1. The summed E-state index contributed by atoms with van der Waals surface area (Å²) in [6.07, 6.45) is -4.54. The average molecular weight is 486 g/mol. The standard InChI is InChI=1S/C21H16BrF4NO.CH4O/c1-13-10-15(22)12-17(23)20(13)27(16-6-4-3-5-7-16)18-11-14(21(24,25)26)8-9-19(18)28-2;1-2/h3-12H,1-2H3;2H,1H3. The highest BCUT2D eigenvalue weighted by Gasteiger charge is 2.33. The summed E-state index contributed by atoms with van der Waals surface area (Å²) < 4.78 is 60.8. The van der Waals surface area contributed by atoms with E-state index in [1.165, 1.54) is 24.1 Å². The molecule has 3 aromatic rings. The zero-order chi connectivity index (χ0) is 22.5. The number of aliphatic hydroxyl groups excluding tert-OH is 1. The van der Waals surface area contributed by atoms with Gasteiger partial charge in [-0.05, 0) is 55.0 Å². The Labute approximate surface area is 180 Å². The maximum absolute atomic E-state index is 15.0. The van der Waals surface area contributed by atoms with Crippen molar-refractivity contribution in [2.45, 2.75) is 13.1 Å². The van der Waals surface area contributed by atoms with Gasteiger partial charge in [0.25, 0.3) is 0 Å². The Hall–Kier alpha value is -2.58. The number of benzene rings is 3. The summed E-state index contributed by atoms with van der Waals surface area (Å²) in [5.74, 6) is -0.381. The first kappa shape index (κ1) is 23.7. The van der Waals surface area contributed by atoms with Crippen molar-refractivity contribution in [1.82, 2.24) is 0 Å². The first-order valence-electron chi connectivity index (χ1n) is 8.73. The molecule has 8 heteroatoms. The smallest absolute Gasteiger partial charge is 0.416 e. The molecule has 0 saturated carbocycles. The molecule has 3 rings (SSSR count). The van der Waals surface area contributed by atoms with Crippen LogP contribution in [0.25, 0.3) is 0 Å². The monoisotopic (exact) mass is 485 g/mol. The molecule has 0 aliphatic rings. The van der Waals surface area contributed by atoms with Gasteiger partial charge in [0.1, 0.15) is 11.6 Å². The number of alkyl halides is 3. The van der Waals surface area contributed by atoms with E-state index in [1.807, 2.05) is 0 Å². The van der Waals surface area contributed by atoms with Crippen molar-refractivity contribution >= 4 is 33.0 Å². The van der Waals surface area contributed by atoms with Crippen molar-refractivity contribution in [3.8, 4) is 5.75 Å². The van der Waals surface area contributed by atoms with Gasteiger partial charge in [-0.2, -0.15) is 13.2 Å². The van der Waals surface area contributed by atoms with Crippen LogP contribution in [-0.4, -0.2) is 19.3 Å². The molecule has 0 atom stereocenters. The summed E-state index contributed by atoms with van der Waals surface area (Å²) in [4.78, 5) is 1.44. The van der Waals surface area contributed by atoms with E-state index in [2.05, 4.69) is 15.9 Å². The van der Waals surface area contributed by atoms with Crippen molar-refractivity contribution in [2.24, 2.45) is 0 Å². The number of hydrogen-bond acceptors (Lipinski definition) is 3. The van der Waals surface area contributed by atoms with E-state index >= 15 is 0 Å². The van der Waals surface area contributed by atoms with Crippen LogP contribution in [0, 0.1) is 12.7 Å². The first-order valence-corrected chi connectivity index (χ1v) is 9.52. The number of nitrogens with zero attached hydrogens (tertiary/aromatic N) is 1. The Balaban J connectivity index is 0.00000155. The van der Waals surface area contributed by atoms with Crippen LogP contribution < -0.4 is 9.64 Å². The van der Waals surface area contributed by atoms with Crippen LogP contribution in [0.2, 0.25) is 0 Å². The number of anilines is 3. The van der Waals surface area contributed by atoms with Gasteiger partial charge in [0.2, 0.25) is 0 Å². The number of ether oxygens (including phenoxy) is 1. The van der Waals surface area contributed by atoms with Gasteiger partial charge < -0.3 is 14.7 Å². The maximum atomic E-state index is 15.0. The number of rotatable bonds is 4. The molecule has 0 bridgehead atoms. The van der Waals surface area contributed by atoms with Gasteiger partial charge >= 0.3 is 6.18 Å². The Kier molecular flexibility index (Phi) is 7.86. The minimum Gasteiger partial charge on any atom is -0.495 e. The largest absolute Gasteiger partial charge is 0.495 e. The zero-order valence-electron chi connectivity index (χ0n) is 16.5. The lowest BCUT2D eigenvalue weighted by Gasteiger charge is -2.29. The van der Waals surface area contributed by atoms with Gasteiger partial charge in [-0.25, -0.2) is 4.39 Å². The Morgan fingerprint density at radius 1 is 0.967 bits per heavy atom. The summed E-state index contributed by atoms with van der Waals surface area (Å²) in [5.41, 5.74) is 0.443. The number of aliphatic hydroxyl groups is 1. The van der Waals surface area contributed by atoms with Crippen LogP contribution in [0.5, 0.6) is 5.75 Å². The molecule has 0 heterocycles. The average Bonchev–Trinajstić information content (AvgIpc) is 2.71. The number of para-hydroxylation sites is 1. The summed E-state index contributed by atoms with van der Waals surface area (Å²) in [7, 11) is 2.36. The highest BCUT2D eigenvalue weighted by molar-refractivity contribution is 9.10. The molecule has 0 aliphatic heterocycles. The lowest BCUT2D eigenvalue weighted by atomic mass is 10.1. The van der Waals surface area contributed by atoms with Gasteiger partial charge in [0, 0.05) is 17.3 Å². The summed E-state index contributed by atoms with van der Waals surface area (Å²) in [6.45, 7) is 1.69. The fourth-order valence-electron chi connectivity index (χ4n) is 2.98. The molecule has 160 valence electrons. The molecule has 0 amide bonds. The molecule has 0 saturated heterocycles. The van der Waals surface area contributed by atoms with E-state index in [4.69, 9.17) is 9.84 Å². The first-order chi connectivity index (χ1) is 14.2. The lowest BCUT2D eigenvalue weighted by Crippen LogP contribution is -2.16. The molecule has 0 fully saturated rings. The summed E-state index contributed by atoms with van der Waals surface area (Å²) in [5, 5.41) is 7.00. The Morgan fingerprint density at radius 2 is 1.60 bits per heavy atom. The van der Waals surface area contributed by atoms with E-state index < -0.39 is 17.6 Å². The van der Waals surface area contributed by atoms with Crippen LogP contribution in [-0.2, 0) is 6.18 Å². The molecule has 0 unspecified atom stereocenters. The van der Waals surface area contributed by atoms with Gasteiger partial charge in [-0.15, -0.1) is 0 Å². The van der Waals surface area contributed by atoms with Crippen molar-refractivity contribution in [3.63, 3.8) is 0 Å². The molecule has 0 aromatic heterocycles. The van der Waals surface area contributed by atoms with Crippen molar-refractivity contribution < 1.29 is 27.4 Å². The molecule has 3 aromatic carbocycles. The predicted octanol–water partition coefficient (Wildman–Crippen LogP) is 7.00. The molecule has 1 N–H and O–H groups in total. The second kappa shape index (κ2) is 9.95. The highest BCUT2D eigenvalue weighted by atomic mass is 79.9. The van der Waals surface area contributed by atoms with Gasteiger partial charge in [0.15, 0.2) is 0 Å². The van der Waals surface area contributed by atoms with Crippen LogP contribution >= 0.6 is 15.9 Å². The fourth-order valence-corrected chi connectivity index (χ4v) is 3.53. The third kappa shape index (κ3) is 5.12. The lowest BCUT2D eigenvalue weighted by molar-refractivity contribution is -0.137. The van der Waals surface area contributed by atoms with E-state index in [0.717, 1.165) is 19.2 Å². The van der Waals surface area contributed by atoms with Crippen LogP contribution in [0.1, 0.15) is 11.1 Å². The zero-order valence-corrected chi connectivity index (χ0v) is 18.1. The van der Waals surface area contributed by atoms with E-state index in [9.17, 15) is 17.6 Å². The summed E-state index contributed by atoms with van der Waals surface area (Å²) >= 11 is 3.24. The van der Waals surface area contributed by atoms with Crippen molar-refractivity contribution in [2.75, 3.05) is 19.1 Å². The second-order valence-electron chi connectivity index (χ2n) is 6.11. The minimum absolute atomic E-state index is 0.0906. The summed E-state index contributed by atoms with van der Waals surface area (Å²) in [6, 6.07) is 14.7.